The zero-order valence-corrected chi connectivity index (χ0v) is 13.2. The second kappa shape index (κ2) is 5.85. The van der Waals surface area contributed by atoms with E-state index in [9.17, 15) is 9.59 Å². The number of ketones is 1. The molecular formula is C15H13ClN4O3. The highest BCUT2D eigenvalue weighted by Gasteiger charge is 2.13. The highest BCUT2D eigenvalue weighted by molar-refractivity contribution is 6.32. The fraction of sp³-hybridized carbons (Fsp3) is 0.200. The van der Waals surface area contributed by atoms with Gasteiger partial charge in [-0.05, 0) is 18.2 Å². The largest absolute Gasteiger partial charge is 0.495 e. The van der Waals surface area contributed by atoms with Gasteiger partial charge in [-0.15, -0.1) is 0 Å². The van der Waals surface area contributed by atoms with Crippen molar-refractivity contribution in [3.63, 3.8) is 0 Å². The summed E-state index contributed by atoms with van der Waals surface area (Å²) in [5.74, 6) is 0.237. The molecule has 0 bridgehead atoms. The minimum atomic E-state index is -0.309. The molecule has 0 saturated heterocycles. The molecule has 0 amide bonds. The lowest BCUT2D eigenvalue weighted by Crippen LogP contribution is -2.24. The fourth-order valence-electron chi connectivity index (χ4n) is 2.27. The van der Waals surface area contributed by atoms with Gasteiger partial charge in [0.15, 0.2) is 11.4 Å². The molecule has 0 aliphatic carbocycles. The van der Waals surface area contributed by atoms with E-state index < -0.39 is 0 Å². The predicted molar refractivity (Wildman–Crippen MR) is 85.1 cm³/mol. The van der Waals surface area contributed by atoms with Gasteiger partial charge in [0.2, 0.25) is 0 Å². The van der Waals surface area contributed by atoms with Gasteiger partial charge in [-0.2, -0.15) is 5.10 Å². The molecule has 0 unspecified atom stereocenters. The van der Waals surface area contributed by atoms with Crippen LogP contribution in [0, 0.1) is 0 Å². The van der Waals surface area contributed by atoms with Crippen LogP contribution in [0.5, 0.6) is 5.75 Å². The van der Waals surface area contributed by atoms with E-state index in [0.29, 0.717) is 27.4 Å². The van der Waals surface area contributed by atoms with Crippen molar-refractivity contribution < 1.29 is 9.53 Å². The quantitative estimate of drug-likeness (QED) is 0.679. The zero-order valence-electron chi connectivity index (χ0n) is 12.5. The molecule has 2 heterocycles. The van der Waals surface area contributed by atoms with Gasteiger partial charge in [0.05, 0.1) is 24.9 Å². The normalized spacial score (nSPS) is 10.9. The van der Waals surface area contributed by atoms with E-state index in [2.05, 4.69) is 10.1 Å². The summed E-state index contributed by atoms with van der Waals surface area (Å²) < 4.78 is 7.81. The topological polar surface area (TPSA) is 79.0 Å². The number of aromatic nitrogens is 4. The van der Waals surface area contributed by atoms with E-state index in [4.69, 9.17) is 16.3 Å². The third kappa shape index (κ3) is 2.70. The number of halogens is 1. The summed E-state index contributed by atoms with van der Waals surface area (Å²) in [6.07, 6.45) is 2.78. The first-order valence-corrected chi connectivity index (χ1v) is 7.13. The molecule has 0 aliphatic heterocycles. The highest BCUT2D eigenvalue weighted by atomic mass is 35.5. The first-order valence-electron chi connectivity index (χ1n) is 6.75. The van der Waals surface area contributed by atoms with Crippen LogP contribution in [0.1, 0.15) is 10.4 Å². The first kappa shape index (κ1) is 15.2. The molecule has 118 valence electrons. The van der Waals surface area contributed by atoms with E-state index in [1.54, 1.807) is 19.2 Å². The van der Waals surface area contributed by atoms with E-state index in [1.165, 1.54) is 34.9 Å². The standard InChI is InChI=1S/C15H13ClN4O3/c1-19-14-10(6-18-19)15(22)20(8-17-14)7-12(21)9-3-4-13(23-2)11(16)5-9/h3-6,8H,7H2,1-2H3. The number of Topliss-reactive ketones (excluding diaryl/α,β-unsaturated/α-hetero) is 1. The van der Waals surface area contributed by atoms with Gasteiger partial charge in [0.1, 0.15) is 17.5 Å². The number of benzene rings is 1. The maximum Gasteiger partial charge on any atom is 0.264 e. The Balaban J connectivity index is 1.92. The summed E-state index contributed by atoms with van der Waals surface area (Å²) in [7, 11) is 3.20. The third-order valence-electron chi connectivity index (χ3n) is 3.51. The number of methoxy groups -OCH3 is 1. The Hall–Kier alpha value is -2.67. The number of carbonyl (C=O) groups excluding carboxylic acids is 1. The molecule has 3 aromatic rings. The smallest absolute Gasteiger partial charge is 0.264 e. The van der Waals surface area contributed by atoms with Crippen LogP contribution in [0.15, 0.2) is 35.5 Å². The lowest BCUT2D eigenvalue weighted by Gasteiger charge is -2.07. The number of carbonyl (C=O) groups is 1. The Morgan fingerprint density at radius 1 is 1.39 bits per heavy atom. The average molecular weight is 333 g/mol. The molecule has 23 heavy (non-hydrogen) atoms. The van der Waals surface area contributed by atoms with E-state index >= 15 is 0 Å². The minimum absolute atomic E-state index is 0.126. The van der Waals surface area contributed by atoms with Crippen molar-refractivity contribution in [2.45, 2.75) is 6.54 Å². The molecule has 0 aliphatic rings. The Morgan fingerprint density at radius 3 is 2.87 bits per heavy atom. The first-order chi connectivity index (χ1) is 11.0. The van der Waals surface area contributed by atoms with Crippen molar-refractivity contribution in [3.05, 3.63) is 51.7 Å². The molecule has 0 fully saturated rings. The number of hydrogen-bond acceptors (Lipinski definition) is 5. The van der Waals surface area contributed by atoms with E-state index in [-0.39, 0.29) is 17.9 Å². The third-order valence-corrected chi connectivity index (χ3v) is 3.80. The highest BCUT2D eigenvalue weighted by Crippen LogP contribution is 2.25. The van der Waals surface area contributed by atoms with Gasteiger partial charge < -0.3 is 4.74 Å². The molecule has 0 saturated carbocycles. The van der Waals surface area contributed by atoms with Crippen LogP contribution in [0.25, 0.3) is 11.0 Å². The van der Waals surface area contributed by atoms with Crippen molar-refractivity contribution in [3.8, 4) is 5.75 Å². The van der Waals surface area contributed by atoms with Crippen LogP contribution in [-0.4, -0.2) is 32.2 Å². The Kier molecular flexibility index (Phi) is 3.87. The van der Waals surface area contributed by atoms with Crippen LogP contribution in [0.3, 0.4) is 0 Å². The Bertz CT molecular complexity index is 961. The molecule has 0 radical (unpaired) electrons. The summed E-state index contributed by atoms with van der Waals surface area (Å²) in [4.78, 5) is 28.9. The van der Waals surface area contributed by atoms with Crippen molar-refractivity contribution in [2.24, 2.45) is 7.05 Å². The fourth-order valence-corrected chi connectivity index (χ4v) is 2.52. The number of fused-ring (bicyclic) bond motifs is 1. The summed E-state index contributed by atoms with van der Waals surface area (Å²) in [6, 6.07) is 4.73. The van der Waals surface area contributed by atoms with Gasteiger partial charge in [-0.3, -0.25) is 18.8 Å². The molecule has 0 N–H and O–H groups in total. The molecule has 8 heteroatoms. The molecule has 2 aromatic heterocycles. The monoisotopic (exact) mass is 332 g/mol. The summed E-state index contributed by atoms with van der Waals surface area (Å²) in [6.45, 7) is -0.126. The lowest BCUT2D eigenvalue weighted by atomic mass is 10.1. The van der Waals surface area contributed by atoms with Gasteiger partial charge in [-0.25, -0.2) is 4.98 Å². The number of hydrogen-bond donors (Lipinski definition) is 0. The average Bonchev–Trinajstić information content (AvgIpc) is 2.92. The van der Waals surface area contributed by atoms with Crippen LogP contribution in [0.2, 0.25) is 5.02 Å². The van der Waals surface area contributed by atoms with E-state index in [1.807, 2.05) is 0 Å². The molecule has 0 atom stereocenters. The van der Waals surface area contributed by atoms with E-state index in [0.717, 1.165) is 0 Å². The van der Waals surface area contributed by atoms with Gasteiger partial charge in [0, 0.05) is 12.6 Å². The SMILES string of the molecule is COc1ccc(C(=O)Cn2cnc3c(cnn3C)c2=O)cc1Cl. The second-order valence-corrected chi connectivity index (χ2v) is 5.36. The van der Waals surface area contributed by atoms with Gasteiger partial charge >= 0.3 is 0 Å². The molecule has 0 spiro atoms. The van der Waals surface area contributed by atoms with Crippen LogP contribution in [-0.2, 0) is 13.6 Å². The molecule has 3 rings (SSSR count). The van der Waals surface area contributed by atoms with Crippen molar-refractivity contribution in [2.75, 3.05) is 7.11 Å². The summed E-state index contributed by atoms with van der Waals surface area (Å²) in [5, 5.41) is 4.70. The molecular weight excluding hydrogens is 320 g/mol. The number of aryl methyl sites for hydroxylation is 1. The van der Waals surface area contributed by atoms with Crippen LogP contribution >= 0.6 is 11.6 Å². The van der Waals surface area contributed by atoms with Crippen LogP contribution in [0.4, 0.5) is 0 Å². The Morgan fingerprint density at radius 2 is 2.17 bits per heavy atom. The number of rotatable bonds is 4. The summed E-state index contributed by atoms with van der Waals surface area (Å²) >= 11 is 6.02. The second-order valence-electron chi connectivity index (χ2n) is 4.96. The van der Waals surface area contributed by atoms with Crippen LogP contribution < -0.4 is 10.3 Å². The minimum Gasteiger partial charge on any atom is -0.495 e. The maximum atomic E-state index is 12.4. The predicted octanol–water partition coefficient (Wildman–Crippen LogP) is 1.67. The Labute approximate surface area is 136 Å². The molecule has 7 nitrogen and oxygen atoms in total. The van der Waals surface area contributed by atoms with Gasteiger partial charge in [0.25, 0.3) is 5.56 Å². The molecule has 1 aromatic carbocycles. The van der Waals surface area contributed by atoms with Crippen molar-refractivity contribution in [1.82, 2.24) is 19.3 Å². The summed E-state index contributed by atoms with van der Waals surface area (Å²) in [5.41, 5.74) is 0.566. The number of nitrogens with zero attached hydrogens (tertiary/aromatic N) is 4. The van der Waals surface area contributed by atoms with Gasteiger partial charge in [-0.1, -0.05) is 11.6 Å². The maximum absolute atomic E-state index is 12.4. The zero-order chi connectivity index (χ0) is 16.6. The lowest BCUT2D eigenvalue weighted by molar-refractivity contribution is 0.0970. The van der Waals surface area contributed by atoms with Crippen molar-refractivity contribution in [1.29, 1.82) is 0 Å². The number of ether oxygens (including phenoxy) is 1. The van der Waals surface area contributed by atoms with Crippen molar-refractivity contribution >= 4 is 28.4 Å².